The van der Waals surface area contributed by atoms with Gasteiger partial charge in [-0.1, -0.05) is 23.7 Å². The van der Waals surface area contributed by atoms with E-state index in [-0.39, 0.29) is 12.4 Å². The molecule has 0 aliphatic carbocycles. The SMILES string of the molecule is O=C(O)C(COc1ccccc1F)c1ccc(Cl)s1. The molecule has 1 atom stereocenters. The summed E-state index contributed by atoms with van der Waals surface area (Å²) in [4.78, 5) is 11.8. The number of rotatable bonds is 5. The van der Waals surface area contributed by atoms with Gasteiger partial charge in [0.05, 0.1) is 4.34 Å². The fourth-order valence-corrected chi connectivity index (χ4v) is 2.66. The monoisotopic (exact) mass is 300 g/mol. The van der Waals surface area contributed by atoms with Gasteiger partial charge in [-0.2, -0.15) is 0 Å². The number of hydrogen-bond donors (Lipinski definition) is 1. The Bertz CT molecular complexity index is 585. The minimum absolute atomic E-state index is 0.0383. The Balaban J connectivity index is 2.10. The maximum atomic E-state index is 13.4. The second-order valence-corrected chi connectivity index (χ2v) is 5.52. The summed E-state index contributed by atoms with van der Waals surface area (Å²) in [5.74, 6) is -2.38. The Labute approximate surface area is 118 Å². The molecule has 0 saturated carbocycles. The Morgan fingerprint density at radius 1 is 1.37 bits per heavy atom. The molecule has 0 fully saturated rings. The van der Waals surface area contributed by atoms with Gasteiger partial charge in [0.2, 0.25) is 0 Å². The first-order valence-electron chi connectivity index (χ1n) is 5.43. The molecule has 2 rings (SSSR count). The average Bonchev–Trinajstić information content (AvgIpc) is 2.78. The Hall–Kier alpha value is -1.59. The average molecular weight is 301 g/mol. The highest BCUT2D eigenvalue weighted by atomic mass is 35.5. The zero-order valence-electron chi connectivity index (χ0n) is 9.68. The van der Waals surface area contributed by atoms with Crippen molar-refractivity contribution in [2.24, 2.45) is 0 Å². The number of carboxylic acids is 1. The second-order valence-electron chi connectivity index (χ2n) is 3.77. The van der Waals surface area contributed by atoms with Crippen LogP contribution in [0.15, 0.2) is 36.4 Å². The van der Waals surface area contributed by atoms with Crippen LogP contribution in [0.25, 0.3) is 0 Å². The van der Waals surface area contributed by atoms with Gasteiger partial charge in [0, 0.05) is 4.88 Å². The number of carbonyl (C=O) groups is 1. The first-order valence-corrected chi connectivity index (χ1v) is 6.62. The first kappa shape index (κ1) is 13.8. The second kappa shape index (κ2) is 6.04. The lowest BCUT2D eigenvalue weighted by atomic mass is 10.1. The highest BCUT2D eigenvalue weighted by Crippen LogP contribution is 2.29. The molecule has 1 unspecified atom stereocenters. The minimum atomic E-state index is -1.03. The Morgan fingerprint density at radius 3 is 2.68 bits per heavy atom. The molecular formula is C13H10ClFO3S. The smallest absolute Gasteiger partial charge is 0.315 e. The number of ether oxygens (including phenoxy) is 1. The van der Waals surface area contributed by atoms with Crippen LogP contribution in [0.5, 0.6) is 5.75 Å². The molecule has 0 spiro atoms. The van der Waals surface area contributed by atoms with Crippen molar-refractivity contribution in [1.82, 2.24) is 0 Å². The molecule has 0 aliphatic heterocycles. The fourth-order valence-electron chi connectivity index (χ4n) is 1.53. The van der Waals surface area contributed by atoms with E-state index in [1.54, 1.807) is 18.2 Å². The molecule has 0 bridgehead atoms. The molecule has 100 valence electrons. The van der Waals surface area contributed by atoms with Crippen LogP contribution in [0.2, 0.25) is 4.34 Å². The van der Waals surface area contributed by atoms with Gasteiger partial charge < -0.3 is 9.84 Å². The Kier molecular flexibility index (Phi) is 4.39. The number of thiophene rings is 1. The molecule has 1 heterocycles. The molecule has 1 N–H and O–H groups in total. The van der Waals surface area contributed by atoms with Crippen LogP contribution in [-0.2, 0) is 4.79 Å². The van der Waals surface area contributed by atoms with Gasteiger partial charge in [0.25, 0.3) is 0 Å². The normalized spacial score (nSPS) is 12.1. The van der Waals surface area contributed by atoms with Crippen molar-refractivity contribution in [2.45, 2.75) is 5.92 Å². The van der Waals surface area contributed by atoms with Gasteiger partial charge in [-0.15, -0.1) is 11.3 Å². The third kappa shape index (κ3) is 3.45. The molecule has 0 amide bonds. The molecule has 6 heteroatoms. The maximum Gasteiger partial charge on any atom is 0.315 e. The van der Waals surface area contributed by atoms with Crippen molar-refractivity contribution < 1.29 is 19.0 Å². The molecule has 1 aromatic carbocycles. The quantitative estimate of drug-likeness (QED) is 0.914. The summed E-state index contributed by atoms with van der Waals surface area (Å²) in [6.07, 6.45) is 0. The van der Waals surface area contributed by atoms with Crippen LogP contribution in [-0.4, -0.2) is 17.7 Å². The highest BCUT2D eigenvalue weighted by molar-refractivity contribution is 7.16. The van der Waals surface area contributed by atoms with Gasteiger partial charge in [-0.05, 0) is 24.3 Å². The molecule has 0 radical (unpaired) electrons. The summed E-state index contributed by atoms with van der Waals surface area (Å²) < 4.78 is 19.1. The van der Waals surface area contributed by atoms with Gasteiger partial charge in [-0.25, -0.2) is 4.39 Å². The summed E-state index contributed by atoms with van der Waals surface area (Å²) in [7, 11) is 0. The van der Waals surface area contributed by atoms with Crippen LogP contribution in [0, 0.1) is 5.82 Å². The fraction of sp³-hybridized carbons (Fsp3) is 0.154. The molecule has 0 saturated heterocycles. The van der Waals surface area contributed by atoms with Crippen molar-refractivity contribution in [1.29, 1.82) is 0 Å². The van der Waals surface area contributed by atoms with Crippen LogP contribution >= 0.6 is 22.9 Å². The van der Waals surface area contributed by atoms with E-state index in [4.69, 9.17) is 16.3 Å². The Morgan fingerprint density at radius 2 is 2.11 bits per heavy atom. The number of carboxylic acid groups (broad SMARTS) is 1. The van der Waals surface area contributed by atoms with Crippen molar-refractivity contribution in [2.75, 3.05) is 6.61 Å². The van der Waals surface area contributed by atoms with Gasteiger partial charge in [-0.3, -0.25) is 4.79 Å². The van der Waals surface area contributed by atoms with E-state index >= 15 is 0 Å². The van der Waals surface area contributed by atoms with Crippen molar-refractivity contribution >= 4 is 28.9 Å². The van der Waals surface area contributed by atoms with Gasteiger partial charge >= 0.3 is 5.97 Å². The highest BCUT2D eigenvalue weighted by Gasteiger charge is 2.23. The maximum absolute atomic E-state index is 13.4. The van der Waals surface area contributed by atoms with Gasteiger partial charge in [0.1, 0.15) is 12.5 Å². The third-order valence-electron chi connectivity index (χ3n) is 2.48. The van der Waals surface area contributed by atoms with E-state index in [0.717, 1.165) is 0 Å². The van der Waals surface area contributed by atoms with E-state index < -0.39 is 17.7 Å². The summed E-state index contributed by atoms with van der Waals surface area (Å²) in [6.45, 7) is -0.146. The molecule has 19 heavy (non-hydrogen) atoms. The van der Waals surface area contributed by atoms with E-state index in [1.165, 1.54) is 29.5 Å². The number of aliphatic carboxylic acids is 1. The zero-order chi connectivity index (χ0) is 13.8. The molecule has 2 aromatic rings. The lowest BCUT2D eigenvalue weighted by Gasteiger charge is -2.12. The third-order valence-corrected chi connectivity index (χ3v) is 3.82. The van der Waals surface area contributed by atoms with Crippen molar-refractivity contribution in [3.63, 3.8) is 0 Å². The van der Waals surface area contributed by atoms with E-state index in [1.807, 2.05) is 0 Å². The van der Waals surface area contributed by atoms with Crippen LogP contribution in [0.3, 0.4) is 0 Å². The van der Waals surface area contributed by atoms with Crippen molar-refractivity contribution in [3.05, 3.63) is 51.4 Å². The van der Waals surface area contributed by atoms with Gasteiger partial charge in [0.15, 0.2) is 11.6 Å². The summed E-state index contributed by atoms with van der Waals surface area (Å²) in [5, 5.41) is 9.17. The van der Waals surface area contributed by atoms with Crippen LogP contribution in [0.1, 0.15) is 10.8 Å². The number of hydrogen-bond acceptors (Lipinski definition) is 3. The molecule has 3 nitrogen and oxygen atoms in total. The summed E-state index contributed by atoms with van der Waals surface area (Å²) in [6, 6.07) is 9.13. The molecular weight excluding hydrogens is 291 g/mol. The lowest BCUT2D eigenvalue weighted by molar-refractivity contribution is -0.139. The standard InChI is InChI=1S/C13H10ClFO3S/c14-12-6-5-11(19-12)8(13(16)17)7-18-10-4-2-1-3-9(10)15/h1-6,8H,7H2,(H,16,17). The number of benzene rings is 1. The molecule has 0 aliphatic rings. The van der Waals surface area contributed by atoms with E-state index in [0.29, 0.717) is 9.21 Å². The van der Waals surface area contributed by atoms with E-state index in [2.05, 4.69) is 0 Å². The van der Waals surface area contributed by atoms with Crippen LogP contribution < -0.4 is 4.74 Å². The topological polar surface area (TPSA) is 46.5 Å². The number of para-hydroxylation sites is 1. The zero-order valence-corrected chi connectivity index (χ0v) is 11.2. The molecule has 1 aromatic heterocycles. The minimum Gasteiger partial charge on any atom is -0.489 e. The number of halogens is 2. The summed E-state index contributed by atoms with van der Waals surface area (Å²) in [5.41, 5.74) is 0. The first-order chi connectivity index (χ1) is 9.08. The lowest BCUT2D eigenvalue weighted by Crippen LogP contribution is -2.18. The summed E-state index contributed by atoms with van der Waals surface area (Å²) >= 11 is 6.95. The predicted octanol–water partition coefficient (Wildman–Crippen LogP) is 3.79. The largest absolute Gasteiger partial charge is 0.489 e. The van der Waals surface area contributed by atoms with Crippen LogP contribution in [0.4, 0.5) is 4.39 Å². The van der Waals surface area contributed by atoms with Crippen molar-refractivity contribution in [3.8, 4) is 5.75 Å². The predicted molar refractivity (Wildman–Crippen MR) is 71.6 cm³/mol. The van der Waals surface area contributed by atoms with E-state index in [9.17, 15) is 14.3 Å².